The van der Waals surface area contributed by atoms with E-state index in [-0.39, 0.29) is 11.9 Å². The van der Waals surface area contributed by atoms with Crippen LogP contribution in [0.2, 0.25) is 0 Å². The first kappa shape index (κ1) is 19.7. The van der Waals surface area contributed by atoms with Crippen LogP contribution in [-0.4, -0.2) is 37.6 Å². The summed E-state index contributed by atoms with van der Waals surface area (Å²) >= 11 is 3.46. The van der Waals surface area contributed by atoms with Gasteiger partial charge in [0.15, 0.2) is 11.5 Å². The van der Waals surface area contributed by atoms with Gasteiger partial charge in [0.1, 0.15) is 0 Å². The van der Waals surface area contributed by atoms with E-state index in [0.29, 0.717) is 0 Å². The van der Waals surface area contributed by atoms with Crippen LogP contribution in [0.1, 0.15) is 41.6 Å². The third-order valence-corrected chi connectivity index (χ3v) is 5.67. The first-order valence-corrected chi connectivity index (χ1v) is 10.2. The van der Waals surface area contributed by atoms with E-state index in [9.17, 15) is 4.79 Å². The summed E-state index contributed by atoms with van der Waals surface area (Å²) in [5, 5.41) is 0. The van der Waals surface area contributed by atoms with E-state index in [2.05, 4.69) is 26.9 Å². The van der Waals surface area contributed by atoms with E-state index in [1.165, 1.54) is 12.0 Å². The number of carbonyl (C=O) groups excluding carboxylic acids is 1. The van der Waals surface area contributed by atoms with Crippen molar-refractivity contribution in [3.8, 4) is 11.5 Å². The predicted octanol–water partition coefficient (Wildman–Crippen LogP) is 5.09. The Kier molecular flexibility index (Phi) is 6.78. The molecule has 27 heavy (non-hydrogen) atoms. The topological polar surface area (TPSA) is 38.8 Å². The number of carbonyl (C=O) groups is 1. The molecule has 3 rings (SSSR count). The van der Waals surface area contributed by atoms with Crippen LogP contribution in [0.25, 0.3) is 0 Å². The van der Waals surface area contributed by atoms with Crippen LogP contribution < -0.4 is 9.47 Å². The maximum atomic E-state index is 13.0. The Bertz CT molecular complexity index is 793. The lowest BCUT2D eigenvalue weighted by Crippen LogP contribution is -2.44. The van der Waals surface area contributed by atoms with Gasteiger partial charge in [-0.25, -0.2) is 0 Å². The Hall–Kier alpha value is -2.01. The number of ether oxygens (including phenoxy) is 2. The van der Waals surface area contributed by atoms with Crippen molar-refractivity contribution in [3.63, 3.8) is 0 Å². The van der Waals surface area contributed by atoms with E-state index < -0.39 is 0 Å². The van der Waals surface area contributed by atoms with Crippen LogP contribution in [0, 0.1) is 0 Å². The highest BCUT2D eigenvalue weighted by Crippen LogP contribution is 2.29. The summed E-state index contributed by atoms with van der Waals surface area (Å²) in [7, 11) is 3.30. The number of piperidine rings is 1. The highest BCUT2D eigenvalue weighted by molar-refractivity contribution is 9.10. The molecular weight excluding hydrogens is 406 g/mol. The smallest absolute Gasteiger partial charge is 0.254 e. The van der Waals surface area contributed by atoms with E-state index in [1.54, 1.807) is 14.2 Å². The molecule has 0 aliphatic carbocycles. The number of hydrogen-bond donors (Lipinski definition) is 0. The van der Waals surface area contributed by atoms with Crippen molar-refractivity contribution in [2.45, 2.75) is 38.1 Å². The van der Waals surface area contributed by atoms with Crippen molar-refractivity contribution in [1.29, 1.82) is 0 Å². The lowest BCUT2D eigenvalue weighted by Gasteiger charge is -2.36. The molecule has 0 spiro atoms. The van der Waals surface area contributed by atoms with Crippen LogP contribution in [-0.2, 0) is 6.42 Å². The molecule has 0 N–H and O–H groups in total. The predicted molar refractivity (Wildman–Crippen MR) is 111 cm³/mol. The average Bonchev–Trinajstić information content (AvgIpc) is 2.71. The zero-order valence-corrected chi connectivity index (χ0v) is 17.5. The monoisotopic (exact) mass is 431 g/mol. The highest BCUT2D eigenvalue weighted by atomic mass is 79.9. The van der Waals surface area contributed by atoms with Gasteiger partial charge in [-0.3, -0.25) is 4.79 Å². The summed E-state index contributed by atoms with van der Waals surface area (Å²) in [6, 6.07) is 14.0. The molecule has 0 radical (unpaired) electrons. The van der Waals surface area contributed by atoms with E-state index in [0.717, 1.165) is 53.8 Å². The Morgan fingerprint density at radius 2 is 1.93 bits per heavy atom. The van der Waals surface area contributed by atoms with Gasteiger partial charge in [0.05, 0.1) is 14.2 Å². The van der Waals surface area contributed by atoms with Gasteiger partial charge in [-0.05, 0) is 68.0 Å². The minimum Gasteiger partial charge on any atom is -0.493 e. The molecule has 144 valence electrons. The fourth-order valence-electron chi connectivity index (χ4n) is 3.72. The standard InChI is InChI=1S/C22H26BrNO3/c1-26-20-12-10-16(14-21(20)27-2)9-11-19-8-3-4-13-24(19)22(25)17-6-5-7-18(23)15-17/h5-7,10,12,14-15,19H,3-4,8-9,11,13H2,1-2H3/t19-/m0/s1. The minimum absolute atomic E-state index is 0.133. The fraction of sp³-hybridized carbons (Fsp3) is 0.409. The molecule has 5 heteroatoms. The first-order chi connectivity index (χ1) is 13.1. The van der Waals surface area contributed by atoms with Gasteiger partial charge >= 0.3 is 0 Å². The molecule has 0 aromatic heterocycles. The summed E-state index contributed by atoms with van der Waals surface area (Å²) in [5.74, 6) is 1.62. The normalized spacial score (nSPS) is 16.9. The summed E-state index contributed by atoms with van der Waals surface area (Å²) in [6.45, 7) is 0.835. The molecular formula is C22H26BrNO3. The van der Waals surface area contributed by atoms with Crippen LogP contribution in [0.15, 0.2) is 46.9 Å². The number of likely N-dealkylation sites (tertiary alicyclic amines) is 1. The average molecular weight is 432 g/mol. The summed E-state index contributed by atoms with van der Waals surface area (Å²) < 4.78 is 11.7. The highest BCUT2D eigenvalue weighted by Gasteiger charge is 2.27. The van der Waals surface area contributed by atoms with Crippen molar-refractivity contribution in [2.24, 2.45) is 0 Å². The number of aryl methyl sites for hydroxylation is 1. The second-order valence-electron chi connectivity index (χ2n) is 6.89. The number of methoxy groups -OCH3 is 2. The van der Waals surface area contributed by atoms with Crippen molar-refractivity contribution >= 4 is 21.8 Å². The molecule has 1 heterocycles. The van der Waals surface area contributed by atoms with Crippen LogP contribution >= 0.6 is 15.9 Å². The number of amides is 1. The lowest BCUT2D eigenvalue weighted by molar-refractivity contribution is 0.0602. The van der Waals surface area contributed by atoms with Gasteiger partial charge < -0.3 is 14.4 Å². The van der Waals surface area contributed by atoms with Gasteiger partial charge in [0.25, 0.3) is 5.91 Å². The quantitative estimate of drug-likeness (QED) is 0.638. The van der Waals surface area contributed by atoms with Gasteiger partial charge in [-0.1, -0.05) is 28.1 Å². The first-order valence-electron chi connectivity index (χ1n) is 9.40. The second kappa shape index (κ2) is 9.27. The van der Waals surface area contributed by atoms with Gasteiger partial charge in [-0.15, -0.1) is 0 Å². The second-order valence-corrected chi connectivity index (χ2v) is 7.80. The van der Waals surface area contributed by atoms with E-state index >= 15 is 0 Å². The fourth-order valence-corrected chi connectivity index (χ4v) is 4.12. The molecule has 2 aromatic carbocycles. The van der Waals surface area contributed by atoms with E-state index in [1.807, 2.05) is 36.4 Å². The van der Waals surface area contributed by atoms with Crippen molar-refractivity contribution < 1.29 is 14.3 Å². The van der Waals surface area contributed by atoms with Crippen LogP contribution in [0.4, 0.5) is 0 Å². The third-order valence-electron chi connectivity index (χ3n) is 5.17. The zero-order valence-electron chi connectivity index (χ0n) is 15.9. The third kappa shape index (κ3) is 4.83. The van der Waals surface area contributed by atoms with Crippen LogP contribution in [0.3, 0.4) is 0 Å². The summed E-state index contributed by atoms with van der Waals surface area (Å²) in [6.07, 6.45) is 5.18. The maximum absolute atomic E-state index is 13.0. The molecule has 1 aliphatic heterocycles. The molecule has 1 atom stereocenters. The number of benzene rings is 2. The van der Waals surface area contributed by atoms with Gasteiger partial charge in [0.2, 0.25) is 0 Å². The maximum Gasteiger partial charge on any atom is 0.254 e. The number of nitrogens with zero attached hydrogens (tertiary/aromatic N) is 1. The molecule has 1 amide bonds. The van der Waals surface area contributed by atoms with Gasteiger partial charge in [-0.2, -0.15) is 0 Å². The summed E-state index contributed by atoms with van der Waals surface area (Å²) in [5.41, 5.74) is 1.95. The summed E-state index contributed by atoms with van der Waals surface area (Å²) in [4.78, 5) is 15.1. The van der Waals surface area contributed by atoms with Gasteiger partial charge in [0, 0.05) is 22.6 Å². The van der Waals surface area contributed by atoms with Crippen molar-refractivity contribution in [2.75, 3.05) is 20.8 Å². The molecule has 0 saturated carbocycles. The number of rotatable bonds is 6. The number of hydrogen-bond acceptors (Lipinski definition) is 3. The van der Waals surface area contributed by atoms with Crippen LogP contribution in [0.5, 0.6) is 11.5 Å². The zero-order chi connectivity index (χ0) is 19.2. The Labute approximate surface area is 169 Å². The molecule has 1 aliphatic rings. The SMILES string of the molecule is COc1ccc(CC[C@@H]2CCCCN2C(=O)c2cccc(Br)c2)cc1OC. The Balaban J connectivity index is 1.70. The molecule has 2 aromatic rings. The molecule has 0 unspecified atom stereocenters. The largest absolute Gasteiger partial charge is 0.493 e. The molecule has 0 bridgehead atoms. The minimum atomic E-state index is 0.133. The van der Waals surface area contributed by atoms with Crippen molar-refractivity contribution in [1.82, 2.24) is 4.90 Å². The molecule has 1 fully saturated rings. The number of halogens is 1. The van der Waals surface area contributed by atoms with Crippen molar-refractivity contribution in [3.05, 3.63) is 58.1 Å². The molecule has 4 nitrogen and oxygen atoms in total. The van der Waals surface area contributed by atoms with E-state index in [4.69, 9.17) is 9.47 Å². The Morgan fingerprint density at radius 1 is 1.11 bits per heavy atom. The lowest BCUT2D eigenvalue weighted by atomic mass is 9.95. The Morgan fingerprint density at radius 3 is 2.67 bits per heavy atom. The molecule has 1 saturated heterocycles.